The molecule has 0 unspecified atom stereocenters. The Bertz CT molecular complexity index is 602. The fourth-order valence-electron chi connectivity index (χ4n) is 1.41. The number of anilines is 2. The van der Waals surface area contributed by atoms with Crippen LogP contribution in [0.5, 0.6) is 5.75 Å². The number of halogens is 1. The summed E-state index contributed by atoms with van der Waals surface area (Å²) in [4.78, 5) is 15.4. The number of pyridine rings is 1. The summed E-state index contributed by atoms with van der Waals surface area (Å²) >= 11 is 0. The van der Waals surface area contributed by atoms with Crippen molar-refractivity contribution in [3.8, 4) is 5.75 Å². The molecule has 0 saturated carbocycles. The molecule has 1 amide bonds. The van der Waals surface area contributed by atoms with Crippen LogP contribution < -0.4 is 11.1 Å². The number of phenolic OH excluding ortho intramolecular Hbond substituents is 1. The molecule has 92 valence electrons. The molecule has 2 rings (SSSR count). The molecule has 0 saturated heterocycles. The van der Waals surface area contributed by atoms with E-state index in [1.54, 1.807) is 0 Å². The maximum absolute atomic E-state index is 13.3. The number of aromatic hydroxyl groups is 1. The third-order valence-corrected chi connectivity index (χ3v) is 2.30. The van der Waals surface area contributed by atoms with Crippen LogP contribution in [0, 0.1) is 5.82 Å². The van der Waals surface area contributed by atoms with Crippen LogP contribution in [0.2, 0.25) is 0 Å². The first-order valence-corrected chi connectivity index (χ1v) is 5.07. The number of nitrogen functional groups attached to an aromatic ring is 1. The Hall–Kier alpha value is -2.63. The van der Waals surface area contributed by atoms with Crippen LogP contribution in [0.15, 0.2) is 36.7 Å². The zero-order valence-corrected chi connectivity index (χ0v) is 9.22. The van der Waals surface area contributed by atoms with Crippen molar-refractivity contribution in [3.63, 3.8) is 0 Å². The average molecular weight is 247 g/mol. The molecule has 6 heteroatoms. The predicted octanol–water partition coefficient (Wildman–Crippen LogP) is 1.76. The highest BCUT2D eigenvalue weighted by Gasteiger charge is 2.12. The van der Waals surface area contributed by atoms with Crippen molar-refractivity contribution in [2.75, 3.05) is 11.1 Å². The van der Waals surface area contributed by atoms with Gasteiger partial charge in [0, 0.05) is 11.9 Å². The molecule has 1 aromatic carbocycles. The Balaban J connectivity index is 2.28. The molecule has 0 aliphatic rings. The zero-order valence-electron chi connectivity index (χ0n) is 9.22. The normalized spacial score (nSPS) is 10.1. The third kappa shape index (κ3) is 2.37. The Labute approximate surface area is 102 Å². The summed E-state index contributed by atoms with van der Waals surface area (Å²) in [6.07, 6.45) is 2.34. The molecular weight excluding hydrogens is 237 g/mol. The molecule has 0 fully saturated rings. The molecule has 0 aliphatic carbocycles. The van der Waals surface area contributed by atoms with Crippen LogP contribution in [0.4, 0.5) is 15.8 Å². The molecule has 5 nitrogen and oxygen atoms in total. The molecule has 0 spiro atoms. The smallest absolute Gasteiger partial charge is 0.257 e. The number of nitrogens with zero attached hydrogens (tertiary/aromatic N) is 1. The highest BCUT2D eigenvalue weighted by molar-refractivity contribution is 6.08. The van der Waals surface area contributed by atoms with Gasteiger partial charge < -0.3 is 16.2 Å². The van der Waals surface area contributed by atoms with E-state index in [4.69, 9.17) is 5.73 Å². The first-order chi connectivity index (χ1) is 8.58. The Morgan fingerprint density at radius 1 is 1.39 bits per heavy atom. The molecule has 18 heavy (non-hydrogen) atoms. The number of rotatable bonds is 2. The van der Waals surface area contributed by atoms with Crippen molar-refractivity contribution < 1.29 is 14.3 Å². The molecule has 0 radical (unpaired) electrons. The van der Waals surface area contributed by atoms with Crippen molar-refractivity contribution in [1.29, 1.82) is 0 Å². The summed E-state index contributed by atoms with van der Waals surface area (Å²) in [6.45, 7) is 0. The minimum atomic E-state index is -0.649. The molecule has 2 aromatic rings. The van der Waals surface area contributed by atoms with Crippen LogP contribution in [0.3, 0.4) is 0 Å². The van der Waals surface area contributed by atoms with Gasteiger partial charge in [-0.1, -0.05) is 0 Å². The number of phenols is 1. The maximum Gasteiger partial charge on any atom is 0.257 e. The average Bonchev–Trinajstić information content (AvgIpc) is 2.35. The van der Waals surface area contributed by atoms with Crippen LogP contribution in [0.1, 0.15) is 10.4 Å². The van der Waals surface area contributed by atoms with Crippen molar-refractivity contribution in [2.45, 2.75) is 0 Å². The quantitative estimate of drug-likeness (QED) is 0.557. The maximum atomic E-state index is 13.3. The second-order valence-electron chi connectivity index (χ2n) is 3.58. The lowest BCUT2D eigenvalue weighted by Crippen LogP contribution is -2.14. The van der Waals surface area contributed by atoms with E-state index in [9.17, 15) is 14.3 Å². The largest absolute Gasteiger partial charge is 0.508 e. The fourth-order valence-corrected chi connectivity index (χ4v) is 1.41. The molecule has 1 heterocycles. The monoisotopic (exact) mass is 247 g/mol. The minimum absolute atomic E-state index is 0.00209. The number of carbonyl (C=O) groups excluding carboxylic acids is 1. The van der Waals surface area contributed by atoms with E-state index in [1.807, 2.05) is 0 Å². The molecule has 0 atom stereocenters. The lowest BCUT2D eigenvalue weighted by atomic mass is 10.1. The fraction of sp³-hybridized carbons (Fsp3) is 0. The van der Waals surface area contributed by atoms with Crippen molar-refractivity contribution >= 4 is 17.3 Å². The van der Waals surface area contributed by atoms with E-state index in [2.05, 4.69) is 10.3 Å². The lowest BCUT2D eigenvalue weighted by molar-refractivity contribution is 0.102. The van der Waals surface area contributed by atoms with Gasteiger partial charge in [-0.05, 0) is 24.3 Å². The van der Waals surface area contributed by atoms with E-state index in [-0.39, 0.29) is 22.7 Å². The number of amides is 1. The van der Waals surface area contributed by atoms with Gasteiger partial charge in [0.25, 0.3) is 5.91 Å². The molecular formula is C12H10FN3O2. The van der Waals surface area contributed by atoms with Gasteiger partial charge in [0.1, 0.15) is 5.75 Å². The van der Waals surface area contributed by atoms with Crippen LogP contribution in [0.25, 0.3) is 0 Å². The van der Waals surface area contributed by atoms with Crippen molar-refractivity contribution in [2.24, 2.45) is 0 Å². The number of nitrogens with one attached hydrogen (secondary N) is 1. The topological polar surface area (TPSA) is 88.2 Å². The second-order valence-corrected chi connectivity index (χ2v) is 3.58. The van der Waals surface area contributed by atoms with Gasteiger partial charge in [-0.15, -0.1) is 0 Å². The Morgan fingerprint density at radius 2 is 2.17 bits per heavy atom. The third-order valence-electron chi connectivity index (χ3n) is 2.30. The van der Waals surface area contributed by atoms with E-state index in [1.165, 1.54) is 30.5 Å². The zero-order chi connectivity index (χ0) is 13.1. The summed E-state index contributed by atoms with van der Waals surface area (Å²) in [5, 5.41) is 11.6. The van der Waals surface area contributed by atoms with Gasteiger partial charge in [0.05, 0.1) is 17.4 Å². The van der Waals surface area contributed by atoms with Crippen molar-refractivity contribution in [3.05, 3.63) is 48.0 Å². The standard InChI is InChI=1S/C12H10FN3O2/c13-9-6-15-4-3-11(9)16-12(18)8-5-7(17)1-2-10(8)14/h1-6,17H,14H2,(H,15,16,18). The van der Waals surface area contributed by atoms with Gasteiger partial charge in [0.2, 0.25) is 0 Å². The number of carbonyl (C=O) groups is 1. The number of nitrogens with two attached hydrogens (primary N) is 1. The van der Waals surface area contributed by atoms with Gasteiger partial charge in [-0.2, -0.15) is 0 Å². The van der Waals surface area contributed by atoms with Gasteiger partial charge >= 0.3 is 0 Å². The second kappa shape index (κ2) is 4.70. The minimum Gasteiger partial charge on any atom is -0.508 e. The highest BCUT2D eigenvalue weighted by atomic mass is 19.1. The summed E-state index contributed by atoms with van der Waals surface area (Å²) in [6, 6.07) is 5.29. The molecule has 0 aliphatic heterocycles. The van der Waals surface area contributed by atoms with Gasteiger partial charge in [-0.3, -0.25) is 9.78 Å². The first kappa shape index (κ1) is 11.8. The molecule has 0 bridgehead atoms. The van der Waals surface area contributed by atoms with E-state index in [0.29, 0.717) is 0 Å². The summed E-state index contributed by atoms with van der Waals surface area (Å²) in [7, 11) is 0. The molecule has 1 aromatic heterocycles. The van der Waals surface area contributed by atoms with E-state index < -0.39 is 11.7 Å². The lowest BCUT2D eigenvalue weighted by Gasteiger charge is -2.08. The molecule has 4 N–H and O–H groups in total. The number of hydrogen-bond donors (Lipinski definition) is 3. The van der Waals surface area contributed by atoms with Crippen LogP contribution >= 0.6 is 0 Å². The number of aromatic nitrogens is 1. The van der Waals surface area contributed by atoms with Gasteiger partial charge in [-0.25, -0.2) is 4.39 Å². The highest BCUT2D eigenvalue weighted by Crippen LogP contribution is 2.20. The summed E-state index contributed by atoms with van der Waals surface area (Å²) in [5.41, 5.74) is 5.87. The number of hydrogen-bond acceptors (Lipinski definition) is 4. The Kier molecular flexibility index (Phi) is 3.09. The SMILES string of the molecule is Nc1ccc(O)cc1C(=O)Nc1ccncc1F. The van der Waals surface area contributed by atoms with Crippen LogP contribution in [-0.2, 0) is 0 Å². The predicted molar refractivity (Wildman–Crippen MR) is 64.7 cm³/mol. The number of benzene rings is 1. The Morgan fingerprint density at radius 3 is 2.89 bits per heavy atom. The van der Waals surface area contributed by atoms with E-state index >= 15 is 0 Å². The van der Waals surface area contributed by atoms with E-state index in [0.717, 1.165) is 6.20 Å². The van der Waals surface area contributed by atoms with Crippen LogP contribution in [-0.4, -0.2) is 16.0 Å². The van der Waals surface area contributed by atoms with Gasteiger partial charge in [0.15, 0.2) is 5.82 Å². The summed E-state index contributed by atoms with van der Waals surface area (Å²) < 4.78 is 13.3. The summed E-state index contributed by atoms with van der Waals surface area (Å²) in [5.74, 6) is -1.34. The van der Waals surface area contributed by atoms with Crippen molar-refractivity contribution in [1.82, 2.24) is 4.98 Å². The first-order valence-electron chi connectivity index (χ1n) is 5.07.